The molecule has 0 bridgehead atoms. The van der Waals surface area contributed by atoms with Gasteiger partial charge in [0, 0.05) is 10.6 Å². The number of thiazole rings is 1. The van der Waals surface area contributed by atoms with Gasteiger partial charge in [0.25, 0.3) is 5.91 Å². The van der Waals surface area contributed by atoms with Gasteiger partial charge in [0.15, 0.2) is 4.80 Å². The molecule has 1 atom stereocenters. The molecule has 0 aliphatic carbocycles. The summed E-state index contributed by atoms with van der Waals surface area (Å²) >= 11 is 13.3. The Morgan fingerprint density at radius 1 is 1.20 bits per heavy atom. The normalized spacial score (nSPS) is 13.2. The first kappa shape index (κ1) is 17.7. The van der Waals surface area contributed by atoms with Gasteiger partial charge >= 0.3 is 5.97 Å². The third-order valence-electron chi connectivity index (χ3n) is 3.62. The van der Waals surface area contributed by atoms with E-state index < -0.39 is 17.9 Å². The molecule has 8 heteroatoms. The van der Waals surface area contributed by atoms with Crippen molar-refractivity contribution in [3.05, 3.63) is 62.9 Å². The van der Waals surface area contributed by atoms with Gasteiger partial charge in [0.05, 0.1) is 15.2 Å². The summed E-state index contributed by atoms with van der Waals surface area (Å²) in [5.74, 6) is -1.53. The van der Waals surface area contributed by atoms with E-state index >= 15 is 0 Å². The predicted octanol–water partition coefficient (Wildman–Crippen LogP) is 4.40. The van der Waals surface area contributed by atoms with Gasteiger partial charge < -0.3 is 9.67 Å². The number of hydrogen-bond donors (Lipinski definition) is 1. The van der Waals surface area contributed by atoms with E-state index in [2.05, 4.69) is 4.99 Å². The number of carbonyl (C=O) groups is 2. The largest absolute Gasteiger partial charge is 0.480 e. The molecule has 2 aromatic carbocycles. The number of aromatic nitrogens is 1. The average Bonchev–Trinajstić information content (AvgIpc) is 2.93. The van der Waals surface area contributed by atoms with E-state index in [-0.39, 0.29) is 4.80 Å². The first-order valence-corrected chi connectivity index (χ1v) is 8.82. The molecule has 1 amide bonds. The molecule has 25 heavy (non-hydrogen) atoms. The van der Waals surface area contributed by atoms with E-state index in [0.717, 1.165) is 0 Å². The second-order valence-electron chi connectivity index (χ2n) is 5.28. The summed E-state index contributed by atoms with van der Waals surface area (Å²) in [6, 6.07) is 10.7. The molecular formula is C17H12Cl2N2O3S. The fourth-order valence-corrected chi connectivity index (χ4v) is 3.94. The number of carbonyl (C=O) groups excluding carboxylic acids is 1. The highest BCUT2D eigenvalue weighted by Gasteiger charge is 2.20. The standard InChI is InChI=1S/C17H12Cl2N2O3S/c1-9(16(23)24)21-13-7-3-6-12(19)14(13)25-17(21)20-15(22)10-4-2-5-11(18)8-10/h2-9H,1H3,(H,23,24)/b20-17-. The van der Waals surface area contributed by atoms with E-state index in [1.807, 2.05) is 0 Å². The highest BCUT2D eigenvalue weighted by Crippen LogP contribution is 2.28. The van der Waals surface area contributed by atoms with Crippen molar-refractivity contribution in [3.8, 4) is 0 Å². The smallest absolute Gasteiger partial charge is 0.326 e. The maximum Gasteiger partial charge on any atom is 0.326 e. The lowest BCUT2D eigenvalue weighted by molar-refractivity contribution is -0.140. The number of aliphatic carboxylic acids is 1. The summed E-state index contributed by atoms with van der Waals surface area (Å²) in [5.41, 5.74) is 0.940. The third kappa shape index (κ3) is 3.46. The maximum absolute atomic E-state index is 12.5. The van der Waals surface area contributed by atoms with Crippen LogP contribution in [0.5, 0.6) is 0 Å². The quantitative estimate of drug-likeness (QED) is 0.715. The number of amides is 1. The molecule has 1 N–H and O–H groups in total. The maximum atomic E-state index is 12.5. The van der Waals surface area contributed by atoms with Gasteiger partial charge in [-0.2, -0.15) is 4.99 Å². The zero-order valence-electron chi connectivity index (χ0n) is 12.9. The van der Waals surface area contributed by atoms with Crippen LogP contribution in [0.3, 0.4) is 0 Å². The van der Waals surface area contributed by atoms with Crippen LogP contribution in [-0.2, 0) is 4.79 Å². The van der Waals surface area contributed by atoms with Crippen LogP contribution < -0.4 is 4.80 Å². The Morgan fingerprint density at radius 2 is 1.92 bits per heavy atom. The lowest BCUT2D eigenvalue weighted by Gasteiger charge is -2.10. The summed E-state index contributed by atoms with van der Waals surface area (Å²) in [7, 11) is 0. The molecule has 0 saturated heterocycles. The van der Waals surface area contributed by atoms with Gasteiger partial charge in [0.1, 0.15) is 6.04 Å². The summed E-state index contributed by atoms with van der Waals surface area (Å²) in [6.45, 7) is 1.53. The van der Waals surface area contributed by atoms with Crippen LogP contribution in [0.2, 0.25) is 10.0 Å². The molecule has 1 unspecified atom stereocenters. The Hall–Kier alpha value is -2.15. The van der Waals surface area contributed by atoms with Gasteiger partial charge in [-0.3, -0.25) is 4.79 Å². The van der Waals surface area contributed by atoms with Crippen LogP contribution in [-0.4, -0.2) is 21.6 Å². The van der Waals surface area contributed by atoms with Crippen LogP contribution in [0.4, 0.5) is 0 Å². The second-order valence-corrected chi connectivity index (χ2v) is 7.11. The second kappa shape index (κ2) is 7.00. The molecule has 128 valence electrons. The van der Waals surface area contributed by atoms with Gasteiger partial charge in [-0.1, -0.05) is 46.7 Å². The fraction of sp³-hybridized carbons (Fsp3) is 0.118. The predicted molar refractivity (Wildman–Crippen MR) is 98.5 cm³/mol. The number of carboxylic acids is 1. The minimum absolute atomic E-state index is 0.267. The van der Waals surface area contributed by atoms with Crippen molar-refractivity contribution in [3.63, 3.8) is 0 Å². The lowest BCUT2D eigenvalue weighted by atomic mass is 10.2. The van der Waals surface area contributed by atoms with Crippen molar-refractivity contribution in [2.45, 2.75) is 13.0 Å². The molecule has 0 fully saturated rings. The lowest BCUT2D eigenvalue weighted by Crippen LogP contribution is -2.25. The highest BCUT2D eigenvalue weighted by atomic mass is 35.5. The molecule has 3 aromatic rings. The molecule has 0 spiro atoms. The number of carboxylic acid groups (broad SMARTS) is 1. The van der Waals surface area contributed by atoms with Crippen molar-refractivity contribution < 1.29 is 14.7 Å². The van der Waals surface area contributed by atoms with Gasteiger partial charge in [-0.15, -0.1) is 0 Å². The Balaban J connectivity index is 2.24. The minimum atomic E-state index is -1.03. The van der Waals surface area contributed by atoms with E-state index in [4.69, 9.17) is 23.2 Å². The summed E-state index contributed by atoms with van der Waals surface area (Å²) in [5, 5.41) is 10.3. The summed E-state index contributed by atoms with van der Waals surface area (Å²) in [4.78, 5) is 28.3. The molecule has 1 heterocycles. The fourth-order valence-electron chi connectivity index (χ4n) is 2.37. The van der Waals surface area contributed by atoms with Gasteiger partial charge in [0.2, 0.25) is 0 Å². The number of nitrogens with zero attached hydrogens (tertiary/aromatic N) is 2. The van der Waals surface area contributed by atoms with E-state index in [1.54, 1.807) is 36.4 Å². The molecule has 1 aromatic heterocycles. The zero-order valence-corrected chi connectivity index (χ0v) is 15.3. The van der Waals surface area contributed by atoms with Crippen LogP contribution >= 0.6 is 34.5 Å². The number of rotatable bonds is 3. The van der Waals surface area contributed by atoms with Crippen molar-refractivity contribution >= 4 is 56.6 Å². The van der Waals surface area contributed by atoms with E-state index in [1.165, 1.54) is 28.9 Å². The van der Waals surface area contributed by atoms with E-state index in [0.29, 0.717) is 25.8 Å². The molecule has 0 saturated carbocycles. The van der Waals surface area contributed by atoms with Crippen molar-refractivity contribution in [1.82, 2.24) is 4.57 Å². The molecule has 0 radical (unpaired) electrons. The summed E-state index contributed by atoms with van der Waals surface area (Å²) in [6.07, 6.45) is 0. The zero-order chi connectivity index (χ0) is 18.1. The minimum Gasteiger partial charge on any atom is -0.480 e. The van der Waals surface area contributed by atoms with Crippen molar-refractivity contribution in [1.29, 1.82) is 0 Å². The van der Waals surface area contributed by atoms with Crippen LogP contribution in [0, 0.1) is 0 Å². The molecule has 0 aliphatic heterocycles. The van der Waals surface area contributed by atoms with Crippen LogP contribution in [0.25, 0.3) is 10.2 Å². The first-order valence-electron chi connectivity index (χ1n) is 7.25. The molecule has 3 rings (SSSR count). The van der Waals surface area contributed by atoms with Crippen molar-refractivity contribution in [2.24, 2.45) is 4.99 Å². The number of benzene rings is 2. The first-order chi connectivity index (χ1) is 11.9. The Labute approximate surface area is 156 Å². The number of halogens is 2. The van der Waals surface area contributed by atoms with Crippen LogP contribution in [0.15, 0.2) is 47.5 Å². The Morgan fingerprint density at radius 3 is 2.60 bits per heavy atom. The highest BCUT2D eigenvalue weighted by molar-refractivity contribution is 7.17. The molecule has 5 nitrogen and oxygen atoms in total. The Bertz CT molecular complexity index is 1060. The third-order valence-corrected chi connectivity index (χ3v) is 5.38. The summed E-state index contributed by atoms with van der Waals surface area (Å²) < 4.78 is 2.17. The molecular weight excluding hydrogens is 383 g/mol. The number of fused-ring (bicyclic) bond motifs is 1. The van der Waals surface area contributed by atoms with E-state index in [9.17, 15) is 14.7 Å². The molecule has 0 aliphatic rings. The Kier molecular flexibility index (Phi) is 4.94. The monoisotopic (exact) mass is 394 g/mol. The average molecular weight is 395 g/mol. The number of hydrogen-bond acceptors (Lipinski definition) is 3. The van der Waals surface area contributed by atoms with Gasteiger partial charge in [-0.05, 0) is 37.3 Å². The van der Waals surface area contributed by atoms with Crippen LogP contribution in [0.1, 0.15) is 23.3 Å². The van der Waals surface area contributed by atoms with Crippen molar-refractivity contribution in [2.75, 3.05) is 0 Å². The topological polar surface area (TPSA) is 71.7 Å². The SMILES string of the molecule is CC(C(=O)O)n1/c(=N/C(=O)c2cccc(Cl)c2)sc2c(Cl)cccc21. The van der Waals surface area contributed by atoms with Gasteiger partial charge in [-0.25, -0.2) is 4.79 Å².